The Balaban J connectivity index is 1.08. The number of rotatable bonds is 5. The number of nitrogens with zero attached hydrogens (tertiary/aromatic N) is 1. The lowest BCUT2D eigenvalue weighted by molar-refractivity contribution is 0.566. The van der Waals surface area contributed by atoms with Gasteiger partial charge in [0.25, 0.3) is 0 Å². The third-order valence-corrected chi connectivity index (χ3v) is 10.7. The fourth-order valence-corrected chi connectivity index (χ4v) is 8.42. The first-order chi connectivity index (χ1) is 27.9. The van der Waals surface area contributed by atoms with Crippen molar-refractivity contribution in [3.8, 4) is 22.3 Å². The minimum absolute atomic E-state index is 0.173. The van der Waals surface area contributed by atoms with E-state index in [-0.39, 0.29) is 30.2 Å². The summed E-state index contributed by atoms with van der Waals surface area (Å²) in [5.74, 6) is -0.512. The molecule has 0 saturated carbocycles. The Morgan fingerprint density at radius 1 is 0.596 bits per heavy atom. The smallest absolute Gasteiger partial charge is 0.159 e. The molecule has 2 aromatic heterocycles. The number of hydrogen-bond donors (Lipinski definition) is 0. The predicted octanol–water partition coefficient (Wildman–Crippen LogP) is 11.7. The van der Waals surface area contributed by atoms with E-state index in [0.29, 0.717) is 5.56 Å². The van der Waals surface area contributed by atoms with Gasteiger partial charge in [-0.05, 0) is 88.2 Å². The monoisotopic (exact) mass is 672 g/mol. The van der Waals surface area contributed by atoms with Crippen LogP contribution in [0.15, 0.2) is 173 Å². The van der Waals surface area contributed by atoms with Crippen molar-refractivity contribution in [2.24, 2.45) is 0 Å². The average Bonchev–Trinajstić information content (AvgIpc) is 3.93. The molecular formula is C49H33NO2. The molecule has 246 valence electrons. The van der Waals surface area contributed by atoms with Crippen LogP contribution in [0, 0.1) is 0 Å². The molecule has 3 heteroatoms. The van der Waals surface area contributed by atoms with Crippen LogP contribution in [-0.4, -0.2) is 0 Å². The van der Waals surface area contributed by atoms with Crippen molar-refractivity contribution in [2.75, 3.05) is 4.90 Å². The van der Waals surface area contributed by atoms with Crippen molar-refractivity contribution in [1.82, 2.24) is 0 Å². The highest BCUT2D eigenvalue weighted by molar-refractivity contribution is 6.10. The average molecular weight is 673 g/mol. The van der Waals surface area contributed by atoms with Gasteiger partial charge in [-0.25, -0.2) is 0 Å². The molecule has 0 radical (unpaired) electrons. The maximum Gasteiger partial charge on any atom is 0.159 e. The Bertz CT molecular complexity index is 3240. The summed E-state index contributed by atoms with van der Waals surface area (Å²) in [6, 6.07) is 44.1. The van der Waals surface area contributed by atoms with Gasteiger partial charge < -0.3 is 13.7 Å². The highest BCUT2D eigenvalue weighted by Crippen LogP contribution is 2.49. The summed E-state index contributed by atoms with van der Waals surface area (Å²) in [6.07, 6.45) is 3.91. The van der Waals surface area contributed by atoms with Crippen LogP contribution in [-0.2, 0) is 0 Å². The molecule has 2 heterocycles. The number of anilines is 2. The molecule has 0 fully saturated rings. The van der Waals surface area contributed by atoms with E-state index in [1.165, 1.54) is 0 Å². The van der Waals surface area contributed by atoms with E-state index in [1.54, 1.807) is 0 Å². The van der Waals surface area contributed by atoms with Crippen molar-refractivity contribution in [3.63, 3.8) is 0 Å². The standard InChI is InChI=1S/C49H33NO2/c1-2-12-32(13-3-1)47-39-17-5-4-14-35(39)36-29-26-33(30-42(36)47)31-24-27-34(28-25-31)50(43-20-10-18-40-37-15-6-8-22-45(37)51-48(40)43)44-21-11-19-41-38-16-7-9-23-46(38)52-49(41)44/h1-10,12-20,22-30,47H,11,21H2/i1D,2D,3D,12D,13D. The van der Waals surface area contributed by atoms with Crippen molar-refractivity contribution in [2.45, 2.75) is 18.8 Å². The Labute approximate surface area is 308 Å². The van der Waals surface area contributed by atoms with E-state index >= 15 is 0 Å². The molecule has 52 heavy (non-hydrogen) atoms. The van der Waals surface area contributed by atoms with E-state index in [9.17, 15) is 0 Å². The van der Waals surface area contributed by atoms with Crippen molar-refractivity contribution >= 4 is 56.1 Å². The molecule has 1 unspecified atom stereocenters. The summed E-state index contributed by atoms with van der Waals surface area (Å²) in [7, 11) is 0. The van der Waals surface area contributed by atoms with E-state index in [2.05, 4.69) is 89.8 Å². The van der Waals surface area contributed by atoms with Crippen molar-refractivity contribution in [1.29, 1.82) is 0 Å². The lowest BCUT2D eigenvalue weighted by atomic mass is 9.88. The zero-order valence-electron chi connectivity index (χ0n) is 33.0. The first kappa shape index (κ1) is 24.5. The molecule has 0 amide bonds. The van der Waals surface area contributed by atoms with Crippen LogP contribution in [0.5, 0.6) is 0 Å². The van der Waals surface area contributed by atoms with Gasteiger partial charge >= 0.3 is 0 Å². The number of furan rings is 2. The lowest BCUT2D eigenvalue weighted by Crippen LogP contribution is -2.33. The molecule has 3 nitrogen and oxygen atoms in total. The zero-order valence-corrected chi connectivity index (χ0v) is 28.0. The van der Waals surface area contributed by atoms with Crippen LogP contribution >= 0.6 is 0 Å². The third kappa shape index (κ3) is 4.39. The van der Waals surface area contributed by atoms with Gasteiger partial charge in [0.1, 0.15) is 11.2 Å². The van der Waals surface area contributed by atoms with Crippen LogP contribution in [0.25, 0.3) is 66.9 Å². The summed E-state index contributed by atoms with van der Waals surface area (Å²) >= 11 is 0. The van der Waals surface area contributed by atoms with Crippen LogP contribution in [0.2, 0.25) is 0 Å². The molecule has 2 aliphatic carbocycles. The SMILES string of the molecule is [2H]c1c([2H])c([2H])c(C2c3ccccc3-c3ccc(-c4ccc(N(C5=c6oc7ccccc7c6=CCC5)c5cccc6c5oc5ccccc56)cc4)cc32)c([2H])c1[2H]. The normalized spacial score (nSPS) is 16.0. The van der Waals surface area contributed by atoms with E-state index in [0.717, 1.165) is 107 Å². The van der Waals surface area contributed by atoms with E-state index in [4.69, 9.17) is 15.7 Å². The lowest BCUT2D eigenvalue weighted by Gasteiger charge is -2.28. The van der Waals surface area contributed by atoms with Gasteiger partial charge in [0.2, 0.25) is 0 Å². The van der Waals surface area contributed by atoms with Gasteiger partial charge in [-0.2, -0.15) is 0 Å². The molecule has 0 N–H and O–H groups in total. The van der Waals surface area contributed by atoms with Crippen LogP contribution in [0.1, 0.15) is 42.3 Å². The Kier molecular flexibility index (Phi) is 5.42. The zero-order chi connectivity index (χ0) is 38.5. The first-order valence-corrected chi connectivity index (χ1v) is 17.7. The second kappa shape index (κ2) is 11.5. The third-order valence-electron chi connectivity index (χ3n) is 10.7. The number of para-hydroxylation sites is 3. The van der Waals surface area contributed by atoms with Gasteiger partial charge in [-0.3, -0.25) is 0 Å². The fraction of sp³-hybridized carbons (Fsp3) is 0.0612. The number of fused-ring (bicyclic) bond motifs is 9. The van der Waals surface area contributed by atoms with Crippen molar-refractivity contribution in [3.05, 3.63) is 191 Å². The molecule has 0 aliphatic heterocycles. The fourth-order valence-electron chi connectivity index (χ4n) is 8.42. The minimum atomic E-state index is -0.512. The minimum Gasteiger partial charge on any atom is -0.454 e. The predicted molar refractivity (Wildman–Crippen MR) is 213 cm³/mol. The largest absolute Gasteiger partial charge is 0.454 e. The van der Waals surface area contributed by atoms with Gasteiger partial charge in [0, 0.05) is 33.0 Å². The van der Waals surface area contributed by atoms with Crippen molar-refractivity contribution < 1.29 is 15.7 Å². The van der Waals surface area contributed by atoms with Gasteiger partial charge in [-0.15, -0.1) is 0 Å². The summed E-state index contributed by atoms with van der Waals surface area (Å²) < 4.78 is 56.2. The first-order valence-electron chi connectivity index (χ1n) is 20.2. The van der Waals surface area contributed by atoms with Crippen LogP contribution in [0.3, 0.4) is 0 Å². The molecule has 0 bridgehead atoms. The number of benzene rings is 7. The maximum atomic E-state index is 8.88. The molecule has 0 spiro atoms. The summed E-state index contributed by atoms with van der Waals surface area (Å²) in [4.78, 5) is 2.29. The second-order valence-corrected chi connectivity index (χ2v) is 13.5. The Morgan fingerprint density at radius 3 is 2.17 bits per heavy atom. The molecular weight excluding hydrogens is 635 g/mol. The van der Waals surface area contributed by atoms with E-state index in [1.807, 2.05) is 54.6 Å². The summed E-state index contributed by atoms with van der Waals surface area (Å²) in [5, 5.41) is 4.32. The molecule has 1 atom stereocenters. The topological polar surface area (TPSA) is 29.5 Å². The Hall–Kier alpha value is -6.58. The molecule has 7 aromatic carbocycles. The molecule has 2 aliphatic rings. The van der Waals surface area contributed by atoms with Gasteiger partial charge in [-0.1, -0.05) is 133 Å². The Morgan fingerprint density at radius 2 is 1.31 bits per heavy atom. The van der Waals surface area contributed by atoms with Crippen LogP contribution < -0.4 is 15.5 Å². The summed E-state index contributed by atoms with van der Waals surface area (Å²) in [6.45, 7) is 0. The van der Waals surface area contributed by atoms with Crippen LogP contribution in [0.4, 0.5) is 11.4 Å². The van der Waals surface area contributed by atoms with E-state index < -0.39 is 5.92 Å². The molecule has 0 saturated heterocycles. The quantitative estimate of drug-likeness (QED) is 0.182. The molecule has 11 rings (SSSR count). The highest BCUT2D eigenvalue weighted by Gasteiger charge is 2.30. The second-order valence-electron chi connectivity index (χ2n) is 13.5. The number of hydrogen-bond acceptors (Lipinski definition) is 3. The van der Waals surface area contributed by atoms with Gasteiger partial charge in [0.15, 0.2) is 11.0 Å². The summed E-state index contributed by atoms with van der Waals surface area (Å²) in [5.41, 5.74) is 12.4. The highest BCUT2D eigenvalue weighted by atomic mass is 16.3. The molecule has 9 aromatic rings. The maximum absolute atomic E-state index is 8.88. The van der Waals surface area contributed by atoms with Gasteiger partial charge in [0.05, 0.1) is 18.2 Å².